The van der Waals surface area contributed by atoms with Gasteiger partial charge < -0.3 is 9.47 Å². The van der Waals surface area contributed by atoms with Crippen LogP contribution in [0.25, 0.3) is 0 Å². The number of Topliss-reactive ketones (excluding diaryl/α,β-unsaturated/α-hetero) is 1. The van der Waals surface area contributed by atoms with Crippen LogP contribution in [0.5, 0.6) is 5.75 Å². The second-order valence-electron chi connectivity index (χ2n) is 4.09. The standard InChI is InChI=1S/C16H16O3/c1-18-16-10-6-5-9-14(16)11-19-12-15(17)13-7-3-2-4-8-13/h2-10H,11-12H2,1H3. The van der Waals surface area contributed by atoms with E-state index in [1.165, 1.54) is 0 Å². The highest BCUT2D eigenvalue weighted by Gasteiger charge is 2.06. The first-order valence-corrected chi connectivity index (χ1v) is 6.09. The van der Waals surface area contributed by atoms with Crippen molar-refractivity contribution in [2.75, 3.05) is 13.7 Å². The molecule has 0 amide bonds. The van der Waals surface area contributed by atoms with E-state index in [4.69, 9.17) is 9.47 Å². The van der Waals surface area contributed by atoms with Gasteiger partial charge in [0.1, 0.15) is 12.4 Å². The predicted octanol–water partition coefficient (Wildman–Crippen LogP) is 3.09. The first kappa shape index (κ1) is 13.3. The Balaban J connectivity index is 1.88. The van der Waals surface area contributed by atoms with E-state index >= 15 is 0 Å². The molecule has 0 bridgehead atoms. The third kappa shape index (κ3) is 3.66. The normalized spacial score (nSPS) is 10.2. The van der Waals surface area contributed by atoms with Crippen molar-refractivity contribution in [2.45, 2.75) is 6.61 Å². The number of para-hydroxylation sites is 1. The van der Waals surface area contributed by atoms with Gasteiger partial charge >= 0.3 is 0 Å². The van der Waals surface area contributed by atoms with Crippen LogP contribution in [0.3, 0.4) is 0 Å². The van der Waals surface area contributed by atoms with Crippen molar-refractivity contribution >= 4 is 5.78 Å². The van der Waals surface area contributed by atoms with Gasteiger partial charge in [0, 0.05) is 11.1 Å². The Kier molecular flexibility index (Phi) is 4.70. The highest BCUT2D eigenvalue weighted by molar-refractivity contribution is 5.96. The van der Waals surface area contributed by atoms with E-state index < -0.39 is 0 Å². The van der Waals surface area contributed by atoms with Gasteiger partial charge in [0.05, 0.1) is 13.7 Å². The summed E-state index contributed by atoms with van der Waals surface area (Å²) in [5.74, 6) is 0.755. The number of ether oxygens (including phenoxy) is 2. The second kappa shape index (κ2) is 6.71. The minimum atomic E-state index is -0.0181. The van der Waals surface area contributed by atoms with Gasteiger partial charge in [-0.15, -0.1) is 0 Å². The lowest BCUT2D eigenvalue weighted by molar-refractivity contribution is 0.0722. The molecule has 0 fully saturated rings. The molecule has 0 unspecified atom stereocenters. The molecule has 19 heavy (non-hydrogen) atoms. The summed E-state index contributed by atoms with van der Waals surface area (Å²) in [5, 5.41) is 0. The zero-order valence-electron chi connectivity index (χ0n) is 10.8. The van der Waals surface area contributed by atoms with Crippen LogP contribution in [0.15, 0.2) is 54.6 Å². The SMILES string of the molecule is COc1ccccc1COCC(=O)c1ccccc1. The number of ketones is 1. The summed E-state index contributed by atoms with van der Waals surface area (Å²) in [4.78, 5) is 11.8. The zero-order valence-corrected chi connectivity index (χ0v) is 10.8. The molecular weight excluding hydrogens is 240 g/mol. The largest absolute Gasteiger partial charge is 0.496 e. The third-order valence-electron chi connectivity index (χ3n) is 2.78. The summed E-state index contributed by atoms with van der Waals surface area (Å²) >= 11 is 0. The maximum absolute atomic E-state index is 11.8. The molecule has 98 valence electrons. The van der Waals surface area contributed by atoms with E-state index in [-0.39, 0.29) is 12.4 Å². The van der Waals surface area contributed by atoms with Crippen molar-refractivity contribution < 1.29 is 14.3 Å². The first-order valence-electron chi connectivity index (χ1n) is 6.09. The van der Waals surface area contributed by atoms with Crippen molar-refractivity contribution in [3.8, 4) is 5.75 Å². The summed E-state index contributed by atoms with van der Waals surface area (Å²) in [7, 11) is 1.62. The molecule has 0 saturated heterocycles. The van der Waals surface area contributed by atoms with Gasteiger partial charge in [0.2, 0.25) is 0 Å². The number of hydrogen-bond acceptors (Lipinski definition) is 3. The maximum Gasteiger partial charge on any atom is 0.188 e. The van der Waals surface area contributed by atoms with E-state index in [1.54, 1.807) is 19.2 Å². The fourth-order valence-electron chi connectivity index (χ4n) is 1.78. The molecule has 2 rings (SSSR count). The Morgan fingerprint density at radius 1 is 1.00 bits per heavy atom. The van der Waals surface area contributed by atoms with Crippen molar-refractivity contribution in [1.29, 1.82) is 0 Å². The molecule has 0 radical (unpaired) electrons. The van der Waals surface area contributed by atoms with Gasteiger partial charge in [-0.2, -0.15) is 0 Å². The van der Waals surface area contributed by atoms with Gasteiger partial charge in [-0.3, -0.25) is 4.79 Å². The molecule has 0 aliphatic heterocycles. The zero-order chi connectivity index (χ0) is 13.5. The fourth-order valence-corrected chi connectivity index (χ4v) is 1.78. The number of carbonyl (C=O) groups excluding carboxylic acids is 1. The van der Waals surface area contributed by atoms with Crippen LogP contribution in [-0.4, -0.2) is 19.5 Å². The molecule has 0 atom stereocenters. The van der Waals surface area contributed by atoms with Crippen LogP contribution >= 0.6 is 0 Å². The van der Waals surface area contributed by atoms with Crippen LogP contribution in [-0.2, 0) is 11.3 Å². The van der Waals surface area contributed by atoms with Gasteiger partial charge in [-0.05, 0) is 6.07 Å². The number of benzene rings is 2. The van der Waals surface area contributed by atoms with Crippen molar-refractivity contribution in [2.24, 2.45) is 0 Å². The summed E-state index contributed by atoms with van der Waals surface area (Å²) in [5.41, 5.74) is 1.60. The van der Waals surface area contributed by atoms with Gasteiger partial charge in [-0.1, -0.05) is 48.5 Å². The summed E-state index contributed by atoms with van der Waals surface area (Å²) in [6, 6.07) is 16.7. The Morgan fingerprint density at radius 3 is 2.42 bits per heavy atom. The topological polar surface area (TPSA) is 35.5 Å². The third-order valence-corrected chi connectivity index (χ3v) is 2.78. The fraction of sp³-hybridized carbons (Fsp3) is 0.188. The Labute approximate surface area is 112 Å². The molecule has 0 aliphatic carbocycles. The average molecular weight is 256 g/mol. The average Bonchev–Trinajstić information content (AvgIpc) is 2.48. The van der Waals surface area contributed by atoms with E-state index in [9.17, 15) is 4.79 Å². The minimum absolute atomic E-state index is 0.0181. The minimum Gasteiger partial charge on any atom is -0.496 e. The number of rotatable bonds is 6. The number of hydrogen-bond donors (Lipinski definition) is 0. The molecule has 0 aromatic heterocycles. The van der Waals surface area contributed by atoms with Crippen LogP contribution in [0, 0.1) is 0 Å². The number of methoxy groups -OCH3 is 1. The van der Waals surface area contributed by atoms with E-state index in [0.29, 0.717) is 12.2 Å². The molecule has 2 aromatic carbocycles. The van der Waals surface area contributed by atoms with E-state index in [0.717, 1.165) is 11.3 Å². The van der Waals surface area contributed by atoms with Crippen LogP contribution in [0.4, 0.5) is 0 Å². The summed E-state index contributed by atoms with van der Waals surface area (Å²) in [6.07, 6.45) is 0. The Hall–Kier alpha value is -2.13. The van der Waals surface area contributed by atoms with Crippen molar-refractivity contribution in [1.82, 2.24) is 0 Å². The van der Waals surface area contributed by atoms with Crippen LogP contribution in [0.2, 0.25) is 0 Å². The molecule has 0 spiro atoms. The lowest BCUT2D eigenvalue weighted by atomic mass is 10.1. The summed E-state index contributed by atoms with van der Waals surface area (Å²) in [6.45, 7) is 0.435. The molecule has 2 aromatic rings. The lowest BCUT2D eigenvalue weighted by Crippen LogP contribution is -2.09. The molecule has 0 N–H and O–H groups in total. The smallest absolute Gasteiger partial charge is 0.188 e. The quantitative estimate of drug-likeness (QED) is 0.745. The van der Waals surface area contributed by atoms with E-state index in [2.05, 4.69) is 0 Å². The predicted molar refractivity (Wildman–Crippen MR) is 73.4 cm³/mol. The highest BCUT2D eigenvalue weighted by Crippen LogP contribution is 2.18. The Morgan fingerprint density at radius 2 is 1.68 bits per heavy atom. The monoisotopic (exact) mass is 256 g/mol. The van der Waals surface area contributed by atoms with Gasteiger partial charge in [0.15, 0.2) is 5.78 Å². The van der Waals surface area contributed by atoms with E-state index in [1.807, 2.05) is 42.5 Å². The second-order valence-corrected chi connectivity index (χ2v) is 4.09. The molecule has 3 nitrogen and oxygen atoms in total. The van der Waals surface area contributed by atoms with Gasteiger partial charge in [0.25, 0.3) is 0 Å². The van der Waals surface area contributed by atoms with Gasteiger partial charge in [-0.25, -0.2) is 0 Å². The lowest BCUT2D eigenvalue weighted by Gasteiger charge is -2.08. The van der Waals surface area contributed by atoms with Crippen LogP contribution < -0.4 is 4.74 Å². The highest BCUT2D eigenvalue weighted by atomic mass is 16.5. The van der Waals surface area contributed by atoms with Crippen molar-refractivity contribution in [3.63, 3.8) is 0 Å². The molecule has 3 heteroatoms. The molecular formula is C16H16O3. The molecule has 0 saturated carbocycles. The van der Waals surface area contributed by atoms with Crippen LogP contribution in [0.1, 0.15) is 15.9 Å². The maximum atomic E-state index is 11.8. The summed E-state index contributed by atoms with van der Waals surface area (Å²) < 4.78 is 10.7. The first-order chi connectivity index (χ1) is 9.31. The Bertz CT molecular complexity index is 535. The van der Waals surface area contributed by atoms with Crippen molar-refractivity contribution in [3.05, 3.63) is 65.7 Å². The molecule has 0 aliphatic rings. The number of carbonyl (C=O) groups is 1. The molecule has 0 heterocycles.